The molecule has 0 N–H and O–H groups in total. The molecular formula is C7H13NO4. The van der Waals surface area contributed by atoms with E-state index in [1.54, 1.807) is 13.8 Å². The Morgan fingerprint density at radius 1 is 1.25 bits per heavy atom. The molecule has 0 bridgehead atoms. The molecule has 0 atom stereocenters. The van der Waals surface area contributed by atoms with Gasteiger partial charge in [0.05, 0.1) is 20.3 Å². The molecule has 0 aromatic carbocycles. The molecule has 0 aliphatic heterocycles. The number of ether oxygens (including phenoxy) is 3. The Bertz CT molecular complexity index is 159. The summed E-state index contributed by atoms with van der Waals surface area (Å²) in [6.07, 6.45) is -0.779. The average molecular weight is 175 g/mol. The first-order chi connectivity index (χ1) is 5.74. The van der Waals surface area contributed by atoms with Crippen LogP contribution in [0.3, 0.4) is 0 Å². The molecule has 0 radical (unpaired) electrons. The average Bonchev–Trinajstić information content (AvgIpc) is 2.05. The Hall–Kier alpha value is -1.26. The molecule has 5 heteroatoms. The smallest absolute Gasteiger partial charge is 0.439 e. The van der Waals surface area contributed by atoms with Gasteiger partial charge in [0.15, 0.2) is 0 Å². The zero-order valence-electron chi connectivity index (χ0n) is 7.49. The van der Waals surface area contributed by atoms with E-state index in [1.807, 2.05) is 0 Å². The molecule has 0 aliphatic rings. The predicted molar refractivity (Wildman–Crippen MR) is 43.1 cm³/mol. The van der Waals surface area contributed by atoms with E-state index in [9.17, 15) is 4.79 Å². The van der Waals surface area contributed by atoms with Crippen molar-refractivity contribution in [1.82, 2.24) is 0 Å². The molecule has 0 aromatic rings. The molecule has 70 valence electrons. The Morgan fingerprint density at radius 2 is 1.75 bits per heavy atom. The van der Waals surface area contributed by atoms with Crippen molar-refractivity contribution in [3.8, 4) is 0 Å². The second-order valence-electron chi connectivity index (χ2n) is 1.71. The monoisotopic (exact) mass is 175 g/mol. The van der Waals surface area contributed by atoms with Crippen LogP contribution in [-0.4, -0.2) is 32.5 Å². The van der Waals surface area contributed by atoms with Gasteiger partial charge in [-0.25, -0.2) is 4.79 Å². The summed E-state index contributed by atoms with van der Waals surface area (Å²) in [5.41, 5.74) is 0. The Kier molecular flexibility index (Phi) is 5.77. The predicted octanol–water partition coefficient (Wildman–Crippen LogP) is 1.18. The van der Waals surface area contributed by atoms with Crippen LogP contribution in [0, 0.1) is 0 Å². The first kappa shape index (κ1) is 10.7. The standard InChI is InChI=1S/C7H13NO4/c1-4-11-7(12-5-2)8-6(9)10-3/h4-5H2,1-3H3. The highest BCUT2D eigenvalue weighted by Crippen LogP contribution is 1.89. The summed E-state index contributed by atoms with van der Waals surface area (Å²) >= 11 is 0. The number of rotatable bonds is 2. The molecule has 0 heterocycles. The molecule has 12 heavy (non-hydrogen) atoms. The first-order valence-electron chi connectivity index (χ1n) is 3.66. The van der Waals surface area contributed by atoms with Gasteiger partial charge >= 0.3 is 12.2 Å². The van der Waals surface area contributed by atoms with Crippen LogP contribution in [-0.2, 0) is 14.2 Å². The van der Waals surface area contributed by atoms with Gasteiger partial charge < -0.3 is 14.2 Å². The lowest BCUT2D eigenvalue weighted by atomic mass is 10.8. The highest BCUT2D eigenvalue weighted by atomic mass is 16.7. The van der Waals surface area contributed by atoms with Gasteiger partial charge in [-0.3, -0.25) is 0 Å². The molecule has 0 unspecified atom stereocenters. The summed E-state index contributed by atoms with van der Waals surface area (Å²) in [5, 5.41) is 0. The van der Waals surface area contributed by atoms with Gasteiger partial charge in [-0.15, -0.1) is 4.99 Å². The van der Waals surface area contributed by atoms with E-state index in [2.05, 4.69) is 9.73 Å². The van der Waals surface area contributed by atoms with Gasteiger partial charge in [-0.1, -0.05) is 0 Å². The van der Waals surface area contributed by atoms with E-state index in [0.29, 0.717) is 13.2 Å². The van der Waals surface area contributed by atoms with Crippen LogP contribution >= 0.6 is 0 Å². The van der Waals surface area contributed by atoms with Gasteiger partial charge in [-0.2, -0.15) is 0 Å². The topological polar surface area (TPSA) is 57.1 Å². The Balaban J connectivity index is 4.06. The van der Waals surface area contributed by atoms with Crippen LogP contribution in [0.25, 0.3) is 0 Å². The molecule has 0 saturated carbocycles. The summed E-state index contributed by atoms with van der Waals surface area (Å²) in [6.45, 7) is 4.34. The molecule has 0 saturated heterocycles. The minimum absolute atomic E-state index is 0.0492. The molecule has 0 rings (SSSR count). The van der Waals surface area contributed by atoms with Crippen molar-refractivity contribution in [2.45, 2.75) is 13.8 Å². The lowest BCUT2D eigenvalue weighted by Gasteiger charge is -2.05. The largest absolute Gasteiger partial charge is 0.451 e. The van der Waals surface area contributed by atoms with E-state index in [1.165, 1.54) is 7.11 Å². The number of carbonyl (C=O) groups excluding carboxylic acids is 1. The van der Waals surface area contributed by atoms with Crippen molar-refractivity contribution in [2.75, 3.05) is 20.3 Å². The van der Waals surface area contributed by atoms with Gasteiger partial charge in [0, 0.05) is 0 Å². The lowest BCUT2D eigenvalue weighted by molar-refractivity contribution is 0.164. The van der Waals surface area contributed by atoms with E-state index in [0.717, 1.165) is 0 Å². The molecule has 0 aromatic heterocycles. The number of hydrogen-bond donors (Lipinski definition) is 0. The number of hydrogen-bond acceptors (Lipinski definition) is 4. The van der Waals surface area contributed by atoms with Crippen molar-refractivity contribution in [2.24, 2.45) is 4.99 Å². The number of aliphatic imine (C=N–C) groups is 1. The van der Waals surface area contributed by atoms with E-state index >= 15 is 0 Å². The number of nitrogens with zero attached hydrogens (tertiary/aromatic N) is 1. The summed E-state index contributed by atoms with van der Waals surface area (Å²) in [6, 6.07) is 0. The van der Waals surface area contributed by atoms with Crippen molar-refractivity contribution in [3.05, 3.63) is 0 Å². The normalized spacial score (nSPS) is 8.58. The van der Waals surface area contributed by atoms with E-state index in [-0.39, 0.29) is 6.08 Å². The number of amides is 1. The minimum atomic E-state index is -0.730. The zero-order valence-corrected chi connectivity index (χ0v) is 7.49. The maximum absolute atomic E-state index is 10.6. The summed E-state index contributed by atoms with van der Waals surface area (Å²) < 4.78 is 14.1. The second-order valence-corrected chi connectivity index (χ2v) is 1.71. The van der Waals surface area contributed by atoms with Crippen molar-refractivity contribution < 1.29 is 19.0 Å². The van der Waals surface area contributed by atoms with Crippen molar-refractivity contribution in [3.63, 3.8) is 0 Å². The fraction of sp³-hybridized carbons (Fsp3) is 0.714. The maximum atomic E-state index is 10.6. The van der Waals surface area contributed by atoms with Crippen LogP contribution in [0.2, 0.25) is 0 Å². The zero-order chi connectivity index (χ0) is 9.40. The van der Waals surface area contributed by atoms with Crippen molar-refractivity contribution >= 4 is 12.2 Å². The third-order valence-electron chi connectivity index (χ3n) is 0.893. The van der Waals surface area contributed by atoms with Gasteiger partial charge in [0.2, 0.25) is 0 Å². The van der Waals surface area contributed by atoms with Gasteiger partial charge in [-0.05, 0) is 13.8 Å². The van der Waals surface area contributed by atoms with Crippen LogP contribution < -0.4 is 0 Å². The van der Waals surface area contributed by atoms with Gasteiger partial charge in [0.25, 0.3) is 0 Å². The third kappa shape index (κ3) is 4.54. The van der Waals surface area contributed by atoms with Crippen LogP contribution in [0.5, 0.6) is 0 Å². The van der Waals surface area contributed by atoms with E-state index in [4.69, 9.17) is 9.47 Å². The highest BCUT2D eigenvalue weighted by Gasteiger charge is 2.03. The van der Waals surface area contributed by atoms with E-state index < -0.39 is 6.09 Å². The molecule has 1 amide bonds. The van der Waals surface area contributed by atoms with Crippen LogP contribution in [0.15, 0.2) is 4.99 Å². The minimum Gasteiger partial charge on any atom is -0.451 e. The maximum Gasteiger partial charge on any atom is 0.439 e. The molecular weight excluding hydrogens is 162 g/mol. The molecule has 0 aliphatic carbocycles. The summed E-state index contributed by atoms with van der Waals surface area (Å²) in [7, 11) is 1.24. The summed E-state index contributed by atoms with van der Waals surface area (Å²) in [5.74, 6) is 0. The van der Waals surface area contributed by atoms with Gasteiger partial charge in [0.1, 0.15) is 0 Å². The Morgan fingerprint density at radius 3 is 2.08 bits per heavy atom. The second kappa shape index (κ2) is 6.45. The fourth-order valence-electron chi connectivity index (χ4n) is 0.473. The number of methoxy groups -OCH3 is 1. The third-order valence-corrected chi connectivity index (χ3v) is 0.893. The highest BCUT2D eigenvalue weighted by molar-refractivity contribution is 5.83. The van der Waals surface area contributed by atoms with Crippen LogP contribution in [0.4, 0.5) is 4.79 Å². The molecule has 0 spiro atoms. The first-order valence-corrected chi connectivity index (χ1v) is 3.66. The number of carbonyl (C=O) groups is 1. The van der Waals surface area contributed by atoms with Crippen molar-refractivity contribution in [1.29, 1.82) is 0 Å². The Labute approximate surface area is 71.3 Å². The molecule has 0 fully saturated rings. The summed E-state index contributed by atoms with van der Waals surface area (Å²) in [4.78, 5) is 14.0. The quantitative estimate of drug-likeness (QED) is 0.467. The lowest BCUT2D eigenvalue weighted by Crippen LogP contribution is -2.12. The SMILES string of the molecule is CCOC(=NC(=O)OC)OCC. The fourth-order valence-corrected chi connectivity index (χ4v) is 0.473. The molecule has 5 nitrogen and oxygen atoms in total. The van der Waals surface area contributed by atoms with Crippen LogP contribution in [0.1, 0.15) is 13.8 Å².